The van der Waals surface area contributed by atoms with Crippen molar-refractivity contribution in [1.82, 2.24) is 9.55 Å². The second-order valence-corrected chi connectivity index (χ2v) is 6.43. The third-order valence-electron chi connectivity index (χ3n) is 4.46. The standard InChI is InChI=1S/C17H29N3O5/c1-2-3-4-5-6-7-9-18-13-8-10-20(17(24)19-13)16-15(23)14(22)12(11-21)25-16/h8,10,12,14-16,21-23H,2-7,9,11H2,1H3,(H,18,19,24)/t12-,14-,15-,16-/m1/s1. The molecule has 0 saturated carbocycles. The Morgan fingerprint density at radius 2 is 1.92 bits per heavy atom. The zero-order valence-corrected chi connectivity index (χ0v) is 14.7. The van der Waals surface area contributed by atoms with Crippen LogP contribution < -0.4 is 11.0 Å². The van der Waals surface area contributed by atoms with E-state index in [1.165, 1.54) is 31.9 Å². The van der Waals surface area contributed by atoms with Gasteiger partial charge in [0.1, 0.15) is 24.1 Å². The maximum Gasteiger partial charge on any atom is 0.351 e. The molecule has 8 heteroatoms. The number of nitrogens with one attached hydrogen (secondary N) is 1. The van der Waals surface area contributed by atoms with Crippen molar-refractivity contribution in [2.24, 2.45) is 0 Å². The van der Waals surface area contributed by atoms with Crippen molar-refractivity contribution in [1.29, 1.82) is 0 Å². The number of aliphatic hydroxyl groups excluding tert-OH is 3. The molecule has 25 heavy (non-hydrogen) atoms. The highest BCUT2D eigenvalue weighted by Gasteiger charge is 2.43. The molecule has 1 aromatic heterocycles. The predicted octanol–water partition coefficient (Wildman–Crippen LogP) is 0.627. The molecule has 8 nitrogen and oxygen atoms in total. The first-order valence-corrected chi connectivity index (χ1v) is 9.04. The van der Waals surface area contributed by atoms with Gasteiger partial charge in [-0.2, -0.15) is 4.98 Å². The average molecular weight is 355 g/mol. The summed E-state index contributed by atoms with van der Waals surface area (Å²) in [4.78, 5) is 16.1. The predicted molar refractivity (Wildman–Crippen MR) is 93.4 cm³/mol. The quantitative estimate of drug-likeness (QED) is 0.455. The second-order valence-electron chi connectivity index (χ2n) is 6.43. The van der Waals surface area contributed by atoms with E-state index in [0.29, 0.717) is 5.82 Å². The van der Waals surface area contributed by atoms with E-state index in [1.807, 2.05) is 0 Å². The number of rotatable bonds is 10. The molecule has 4 atom stereocenters. The lowest BCUT2D eigenvalue weighted by Crippen LogP contribution is -2.36. The van der Waals surface area contributed by atoms with E-state index in [4.69, 9.17) is 9.84 Å². The Balaban J connectivity index is 1.85. The number of unbranched alkanes of at least 4 members (excludes halogenated alkanes) is 5. The lowest BCUT2D eigenvalue weighted by molar-refractivity contribution is -0.0549. The fraction of sp³-hybridized carbons (Fsp3) is 0.765. The summed E-state index contributed by atoms with van der Waals surface area (Å²) in [7, 11) is 0. The Morgan fingerprint density at radius 3 is 2.56 bits per heavy atom. The molecule has 142 valence electrons. The van der Waals surface area contributed by atoms with Gasteiger partial charge in [-0.1, -0.05) is 39.0 Å². The highest BCUT2D eigenvalue weighted by Crippen LogP contribution is 2.28. The zero-order chi connectivity index (χ0) is 18.2. The van der Waals surface area contributed by atoms with Crippen LogP contribution in [0.15, 0.2) is 17.1 Å². The number of ether oxygens (including phenoxy) is 1. The summed E-state index contributed by atoms with van der Waals surface area (Å²) >= 11 is 0. The van der Waals surface area contributed by atoms with E-state index < -0.39 is 36.8 Å². The van der Waals surface area contributed by atoms with E-state index in [0.717, 1.165) is 24.0 Å². The normalized spacial score (nSPS) is 26.1. The molecule has 1 aromatic rings. The molecule has 0 amide bonds. The van der Waals surface area contributed by atoms with E-state index in [-0.39, 0.29) is 0 Å². The SMILES string of the molecule is CCCCCCCCNc1ccn([C@@H]2O[C@H](CO)[C@@H](O)[C@H]2O)c(=O)n1. The van der Waals surface area contributed by atoms with Crippen molar-refractivity contribution in [3.05, 3.63) is 22.7 Å². The molecule has 1 aliphatic rings. The van der Waals surface area contributed by atoms with Gasteiger partial charge >= 0.3 is 5.69 Å². The van der Waals surface area contributed by atoms with Crippen molar-refractivity contribution < 1.29 is 20.1 Å². The molecule has 2 heterocycles. The molecule has 0 unspecified atom stereocenters. The number of hydrogen-bond donors (Lipinski definition) is 4. The van der Waals surface area contributed by atoms with Crippen LogP contribution in [0, 0.1) is 0 Å². The monoisotopic (exact) mass is 355 g/mol. The lowest BCUT2D eigenvalue weighted by atomic mass is 10.1. The highest BCUT2D eigenvalue weighted by molar-refractivity contribution is 5.31. The molecule has 0 aliphatic carbocycles. The van der Waals surface area contributed by atoms with Gasteiger partial charge in [-0.15, -0.1) is 0 Å². The van der Waals surface area contributed by atoms with Gasteiger partial charge in [0.15, 0.2) is 6.23 Å². The molecular formula is C17H29N3O5. The third-order valence-corrected chi connectivity index (χ3v) is 4.46. The second kappa shape index (κ2) is 9.86. The van der Waals surface area contributed by atoms with Crippen LogP contribution in [0.5, 0.6) is 0 Å². The Bertz CT molecular complexity index is 580. The molecule has 1 fully saturated rings. The van der Waals surface area contributed by atoms with E-state index in [2.05, 4.69) is 17.2 Å². The van der Waals surface area contributed by atoms with E-state index in [1.54, 1.807) is 6.07 Å². The highest BCUT2D eigenvalue weighted by atomic mass is 16.6. The maximum atomic E-state index is 12.2. The van der Waals surface area contributed by atoms with Crippen molar-refractivity contribution in [2.45, 2.75) is 70.0 Å². The van der Waals surface area contributed by atoms with Crippen LogP contribution in [-0.4, -0.2) is 56.3 Å². The van der Waals surface area contributed by atoms with Gasteiger partial charge in [-0.05, 0) is 12.5 Å². The molecular weight excluding hydrogens is 326 g/mol. The van der Waals surface area contributed by atoms with Crippen molar-refractivity contribution in [3.8, 4) is 0 Å². The van der Waals surface area contributed by atoms with Crippen LogP contribution in [0.1, 0.15) is 51.7 Å². The minimum Gasteiger partial charge on any atom is -0.394 e. The van der Waals surface area contributed by atoms with Crippen LogP contribution in [0.4, 0.5) is 5.82 Å². The van der Waals surface area contributed by atoms with Crippen LogP contribution in [-0.2, 0) is 4.74 Å². The van der Waals surface area contributed by atoms with Crippen LogP contribution in [0.3, 0.4) is 0 Å². The van der Waals surface area contributed by atoms with Gasteiger partial charge in [0, 0.05) is 12.7 Å². The van der Waals surface area contributed by atoms with Gasteiger partial charge in [0.2, 0.25) is 0 Å². The molecule has 0 aromatic carbocycles. The number of aliphatic hydroxyl groups is 3. The number of anilines is 1. The fourth-order valence-electron chi connectivity index (χ4n) is 2.94. The summed E-state index contributed by atoms with van der Waals surface area (Å²) in [6.45, 7) is 2.50. The number of nitrogens with zero attached hydrogens (tertiary/aromatic N) is 2. The molecule has 2 rings (SSSR count). The van der Waals surface area contributed by atoms with Crippen LogP contribution in [0.25, 0.3) is 0 Å². The first kappa shape index (κ1) is 19.8. The molecule has 4 N–H and O–H groups in total. The van der Waals surface area contributed by atoms with Gasteiger partial charge in [-0.25, -0.2) is 4.79 Å². The molecule has 1 saturated heterocycles. The smallest absolute Gasteiger partial charge is 0.351 e. The Morgan fingerprint density at radius 1 is 1.20 bits per heavy atom. The summed E-state index contributed by atoms with van der Waals surface area (Å²) in [6.07, 6.45) is 4.10. The van der Waals surface area contributed by atoms with Crippen molar-refractivity contribution >= 4 is 5.82 Å². The fourth-order valence-corrected chi connectivity index (χ4v) is 2.94. The minimum atomic E-state index is -1.29. The first-order chi connectivity index (χ1) is 12.1. The number of hydrogen-bond acceptors (Lipinski definition) is 7. The molecule has 0 bridgehead atoms. The Labute approximate surface area is 147 Å². The topological polar surface area (TPSA) is 117 Å². The Hall–Kier alpha value is -1.48. The summed E-state index contributed by atoms with van der Waals surface area (Å²) in [6, 6.07) is 1.63. The van der Waals surface area contributed by atoms with E-state index in [9.17, 15) is 15.0 Å². The zero-order valence-electron chi connectivity index (χ0n) is 14.7. The third kappa shape index (κ3) is 5.24. The Kier molecular flexibility index (Phi) is 7.83. The van der Waals surface area contributed by atoms with Gasteiger partial charge < -0.3 is 25.4 Å². The van der Waals surface area contributed by atoms with Crippen molar-refractivity contribution in [2.75, 3.05) is 18.5 Å². The largest absolute Gasteiger partial charge is 0.394 e. The van der Waals surface area contributed by atoms with Gasteiger partial charge in [-0.3, -0.25) is 4.57 Å². The summed E-state index contributed by atoms with van der Waals surface area (Å²) in [5.41, 5.74) is -0.581. The van der Waals surface area contributed by atoms with Gasteiger partial charge in [0.05, 0.1) is 6.61 Å². The van der Waals surface area contributed by atoms with Crippen LogP contribution in [0.2, 0.25) is 0 Å². The first-order valence-electron chi connectivity index (χ1n) is 9.04. The lowest BCUT2D eigenvalue weighted by Gasteiger charge is -2.17. The summed E-state index contributed by atoms with van der Waals surface area (Å²) in [5.74, 6) is 0.474. The molecule has 0 spiro atoms. The summed E-state index contributed by atoms with van der Waals surface area (Å²) in [5, 5.41) is 32.0. The maximum absolute atomic E-state index is 12.2. The van der Waals surface area contributed by atoms with E-state index >= 15 is 0 Å². The summed E-state index contributed by atoms with van der Waals surface area (Å²) < 4.78 is 6.46. The average Bonchev–Trinajstić information content (AvgIpc) is 2.89. The van der Waals surface area contributed by atoms with Crippen LogP contribution >= 0.6 is 0 Å². The van der Waals surface area contributed by atoms with Crippen molar-refractivity contribution in [3.63, 3.8) is 0 Å². The molecule has 0 radical (unpaired) electrons. The minimum absolute atomic E-state index is 0.436. The van der Waals surface area contributed by atoms with Gasteiger partial charge in [0.25, 0.3) is 0 Å². The molecule has 1 aliphatic heterocycles. The number of aromatic nitrogens is 2.